The summed E-state index contributed by atoms with van der Waals surface area (Å²) in [6.07, 6.45) is 2.94. The standard InChI is InChI=1S/C15H26N4O2/c1-17(2)9-5-10-19(11-8-15(20)21)13-6-7-14(16-12-13)18(3)4/h6-7,12H,5,8-11H2,1-4H3,(H,20,21). The fourth-order valence-corrected chi connectivity index (χ4v) is 2.01. The zero-order valence-electron chi connectivity index (χ0n) is 13.4. The van der Waals surface area contributed by atoms with Crippen molar-refractivity contribution < 1.29 is 9.90 Å². The maximum Gasteiger partial charge on any atom is 0.305 e. The minimum absolute atomic E-state index is 0.136. The molecule has 0 aromatic carbocycles. The molecule has 0 aliphatic rings. The molecule has 6 nitrogen and oxygen atoms in total. The molecular weight excluding hydrogens is 268 g/mol. The summed E-state index contributed by atoms with van der Waals surface area (Å²) in [6, 6.07) is 3.95. The fourth-order valence-electron chi connectivity index (χ4n) is 2.01. The van der Waals surface area contributed by atoms with Crippen LogP contribution in [-0.2, 0) is 4.79 Å². The number of carboxylic acids is 1. The van der Waals surface area contributed by atoms with E-state index in [0.29, 0.717) is 6.54 Å². The maximum atomic E-state index is 10.8. The monoisotopic (exact) mass is 294 g/mol. The molecule has 118 valence electrons. The Hall–Kier alpha value is -1.82. The average Bonchev–Trinajstić information content (AvgIpc) is 2.42. The Morgan fingerprint density at radius 1 is 1.14 bits per heavy atom. The van der Waals surface area contributed by atoms with Gasteiger partial charge in [-0.2, -0.15) is 0 Å². The van der Waals surface area contributed by atoms with E-state index in [0.717, 1.165) is 31.0 Å². The number of carboxylic acid groups (broad SMARTS) is 1. The molecule has 0 aliphatic carbocycles. The van der Waals surface area contributed by atoms with Gasteiger partial charge in [-0.1, -0.05) is 0 Å². The lowest BCUT2D eigenvalue weighted by Crippen LogP contribution is -2.29. The molecule has 0 radical (unpaired) electrons. The Labute approximate surface area is 127 Å². The molecule has 0 unspecified atom stereocenters. The third-order valence-electron chi connectivity index (χ3n) is 3.18. The first-order chi connectivity index (χ1) is 9.90. The van der Waals surface area contributed by atoms with Crippen molar-refractivity contribution in [3.8, 4) is 0 Å². The second-order valence-electron chi connectivity index (χ2n) is 5.56. The molecule has 0 saturated carbocycles. The van der Waals surface area contributed by atoms with Crippen molar-refractivity contribution in [2.75, 3.05) is 57.6 Å². The van der Waals surface area contributed by atoms with Gasteiger partial charge in [-0.15, -0.1) is 0 Å². The van der Waals surface area contributed by atoms with Gasteiger partial charge in [-0.25, -0.2) is 4.98 Å². The molecule has 0 aliphatic heterocycles. The van der Waals surface area contributed by atoms with Crippen molar-refractivity contribution in [2.24, 2.45) is 0 Å². The average molecular weight is 294 g/mol. The van der Waals surface area contributed by atoms with Crippen LogP contribution in [0.3, 0.4) is 0 Å². The highest BCUT2D eigenvalue weighted by Crippen LogP contribution is 2.17. The van der Waals surface area contributed by atoms with Crippen LogP contribution in [0, 0.1) is 0 Å². The van der Waals surface area contributed by atoms with Crippen molar-refractivity contribution in [3.05, 3.63) is 18.3 Å². The molecule has 0 amide bonds. The number of pyridine rings is 1. The molecule has 0 spiro atoms. The Kier molecular flexibility index (Phi) is 6.94. The second kappa shape index (κ2) is 8.46. The number of anilines is 2. The number of carbonyl (C=O) groups is 1. The van der Waals surface area contributed by atoms with Crippen LogP contribution in [-0.4, -0.2) is 68.8 Å². The quantitative estimate of drug-likeness (QED) is 0.742. The van der Waals surface area contributed by atoms with Crippen LogP contribution in [0.4, 0.5) is 11.5 Å². The maximum absolute atomic E-state index is 10.8. The van der Waals surface area contributed by atoms with E-state index in [1.165, 1.54) is 0 Å². The van der Waals surface area contributed by atoms with Crippen LogP contribution in [0.1, 0.15) is 12.8 Å². The summed E-state index contributed by atoms with van der Waals surface area (Å²) in [5.74, 6) is 0.121. The lowest BCUT2D eigenvalue weighted by atomic mass is 10.2. The molecule has 6 heteroatoms. The molecule has 1 aromatic heterocycles. The van der Waals surface area contributed by atoms with E-state index >= 15 is 0 Å². The molecular formula is C15H26N4O2. The molecule has 0 saturated heterocycles. The number of hydrogen-bond acceptors (Lipinski definition) is 5. The minimum atomic E-state index is -0.773. The SMILES string of the molecule is CN(C)CCCN(CCC(=O)O)c1ccc(N(C)C)nc1. The van der Waals surface area contributed by atoms with E-state index in [9.17, 15) is 4.79 Å². The number of aromatic nitrogens is 1. The zero-order valence-corrected chi connectivity index (χ0v) is 13.4. The number of aliphatic carboxylic acids is 1. The van der Waals surface area contributed by atoms with Gasteiger partial charge in [0.05, 0.1) is 18.3 Å². The summed E-state index contributed by atoms with van der Waals surface area (Å²) in [4.78, 5) is 21.4. The van der Waals surface area contributed by atoms with Crippen molar-refractivity contribution in [1.29, 1.82) is 0 Å². The molecule has 21 heavy (non-hydrogen) atoms. The predicted molar refractivity (Wildman–Crippen MR) is 86.2 cm³/mol. The number of hydrogen-bond donors (Lipinski definition) is 1. The van der Waals surface area contributed by atoms with Gasteiger partial charge in [0.15, 0.2) is 0 Å². The third-order valence-corrected chi connectivity index (χ3v) is 3.18. The van der Waals surface area contributed by atoms with E-state index in [4.69, 9.17) is 5.11 Å². The second-order valence-corrected chi connectivity index (χ2v) is 5.56. The van der Waals surface area contributed by atoms with Crippen molar-refractivity contribution in [2.45, 2.75) is 12.8 Å². The van der Waals surface area contributed by atoms with Crippen LogP contribution in [0.15, 0.2) is 18.3 Å². The Bertz CT molecular complexity index is 432. The van der Waals surface area contributed by atoms with Crippen LogP contribution in [0.5, 0.6) is 0 Å². The predicted octanol–water partition coefficient (Wildman–Crippen LogP) is 1.38. The molecule has 0 fully saturated rings. The molecule has 1 N–H and O–H groups in total. The van der Waals surface area contributed by atoms with Crippen LogP contribution >= 0.6 is 0 Å². The van der Waals surface area contributed by atoms with E-state index < -0.39 is 5.97 Å². The number of nitrogens with zero attached hydrogens (tertiary/aromatic N) is 4. The van der Waals surface area contributed by atoms with Crippen LogP contribution in [0.25, 0.3) is 0 Å². The lowest BCUT2D eigenvalue weighted by Gasteiger charge is -2.25. The highest BCUT2D eigenvalue weighted by atomic mass is 16.4. The highest BCUT2D eigenvalue weighted by Gasteiger charge is 2.10. The van der Waals surface area contributed by atoms with Gasteiger partial charge in [0.2, 0.25) is 0 Å². The largest absolute Gasteiger partial charge is 0.481 e. The first-order valence-corrected chi connectivity index (χ1v) is 7.15. The summed E-state index contributed by atoms with van der Waals surface area (Å²) in [7, 11) is 7.96. The van der Waals surface area contributed by atoms with Gasteiger partial charge in [0, 0.05) is 27.2 Å². The normalized spacial score (nSPS) is 10.7. The Morgan fingerprint density at radius 3 is 2.33 bits per heavy atom. The zero-order chi connectivity index (χ0) is 15.8. The topological polar surface area (TPSA) is 59.9 Å². The van der Waals surface area contributed by atoms with E-state index in [-0.39, 0.29) is 6.42 Å². The first-order valence-electron chi connectivity index (χ1n) is 7.15. The molecule has 1 heterocycles. The summed E-state index contributed by atoms with van der Waals surface area (Å²) in [6.45, 7) is 2.31. The minimum Gasteiger partial charge on any atom is -0.481 e. The summed E-state index contributed by atoms with van der Waals surface area (Å²) >= 11 is 0. The Balaban J connectivity index is 2.71. The van der Waals surface area contributed by atoms with E-state index in [1.54, 1.807) is 0 Å². The summed E-state index contributed by atoms with van der Waals surface area (Å²) in [5, 5.41) is 8.88. The van der Waals surface area contributed by atoms with Gasteiger partial charge >= 0.3 is 5.97 Å². The molecule has 1 aromatic rings. The number of rotatable bonds is 9. The summed E-state index contributed by atoms with van der Waals surface area (Å²) in [5.41, 5.74) is 0.973. The fraction of sp³-hybridized carbons (Fsp3) is 0.600. The first kappa shape index (κ1) is 17.2. The summed E-state index contributed by atoms with van der Waals surface area (Å²) < 4.78 is 0. The molecule has 1 rings (SSSR count). The van der Waals surface area contributed by atoms with Crippen LogP contribution in [0.2, 0.25) is 0 Å². The van der Waals surface area contributed by atoms with E-state index in [2.05, 4.69) is 14.8 Å². The Morgan fingerprint density at radius 2 is 1.86 bits per heavy atom. The lowest BCUT2D eigenvalue weighted by molar-refractivity contribution is -0.136. The van der Waals surface area contributed by atoms with Gasteiger partial charge in [0.25, 0.3) is 0 Å². The van der Waals surface area contributed by atoms with Gasteiger partial charge < -0.3 is 19.8 Å². The van der Waals surface area contributed by atoms with Crippen molar-refractivity contribution in [3.63, 3.8) is 0 Å². The molecule has 0 bridgehead atoms. The van der Waals surface area contributed by atoms with E-state index in [1.807, 2.05) is 51.4 Å². The van der Waals surface area contributed by atoms with Gasteiger partial charge in [-0.05, 0) is 39.2 Å². The smallest absolute Gasteiger partial charge is 0.305 e. The molecule has 0 atom stereocenters. The van der Waals surface area contributed by atoms with Gasteiger partial charge in [-0.3, -0.25) is 4.79 Å². The third kappa shape index (κ3) is 6.44. The highest BCUT2D eigenvalue weighted by molar-refractivity contribution is 5.67. The van der Waals surface area contributed by atoms with Crippen molar-refractivity contribution in [1.82, 2.24) is 9.88 Å². The van der Waals surface area contributed by atoms with Crippen molar-refractivity contribution >= 4 is 17.5 Å². The van der Waals surface area contributed by atoms with Crippen LogP contribution < -0.4 is 9.80 Å². The van der Waals surface area contributed by atoms with Gasteiger partial charge in [0.1, 0.15) is 5.82 Å².